The summed E-state index contributed by atoms with van der Waals surface area (Å²) in [4.78, 5) is 4.80. The first-order valence-corrected chi connectivity index (χ1v) is 9.09. The highest BCUT2D eigenvalue weighted by molar-refractivity contribution is 7.21. The number of rotatable bonds is 2. The van der Waals surface area contributed by atoms with Crippen LogP contribution in [0.5, 0.6) is 0 Å². The Hall–Kier alpha value is -1.67. The molecular weight excluding hydrogens is 286 g/mol. The predicted molar refractivity (Wildman–Crippen MR) is 95.6 cm³/mol. The fourth-order valence-electron chi connectivity index (χ4n) is 3.49. The smallest absolute Gasteiger partial charge is 0.124 e. The van der Waals surface area contributed by atoms with Crippen molar-refractivity contribution in [3.8, 4) is 10.6 Å². The van der Waals surface area contributed by atoms with Crippen LogP contribution in [0.3, 0.4) is 0 Å². The lowest BCUT2D eigenvalue weighted by atomic mass is 9.84. The van der Waals surface area contributed by atoms with Gasteiger partial charge in [-0.05, 0) is 48.9 Å². The van der Waals surface area contributed by atoms with Gasteiger partial charge in [-0.15, -0.1) is 11.3 Å². The van der Waals surface area contributed by atoms with Crippen LogP contribution >= 0.6 is 11.3 Å². The van der Waals surface area contributed by atoms with Gasteiger partial charge in [0.05, 0.1) is 10.2 Å². The van der Waals surface area contributed by atoms with E-state index in [4.69, 9.17) is 4.98 Å². The van der Waals surface area contributed by atoms with E-state index in [0.717, 1.165) is 16.4 Å². The van der Waals surface area contributed by atoms with Crippen molar-refractivity contribution in [2.24, 2.45) is 0 Å². The van der Waals surface area contributed by atoms with Gasteiger partial charge in [0, 0.05) is 5.56 Å². The molecule has 4 rings (SSSR count). The zero-order valence-corrected chi connectivity index (χ0v) is 13.8. The molecule has 0 spiro atoms. The van der Waals surface area contributed by atoms with Gasteiger partial charge in [-0.25, -0.2) is 4.98 Å². The maximum atomic E-state index is 4.80. The third-order valence-electron chi connectivity index (χ3n) is 4.78. The second-order valence-corrected chi connectivity index (χ2v) is 7.48. The molecule has 0 amide bonds. The fraction of sp³-hybridized carbons (Fsp3) is 0.350. The highest BCUT2D eigenvalue weighted by Crippen LogP contribution is 2.35. The summed E-state index contributed by atoms with van der Waals surface area (Å²) >= 11 is 1.79. The lowest BCUT2D eigenvalue weighted by Crippen LogP contribution is -2.04. The van der Waals surface area contributed by atoms with Crippen LogP contribution in [0.25, 0.3) is 20.8 Å². The third kappa shape index (κ3) is 2.68. The van der Waals surface area contributed by atoms with Crippen molar-refractivity contribution in [2.45, 2.75) is 44.9 Å². The Labute approximate surface area is 136 Å². The SMILES string of the molecule is Cc1ccc2sc(-c3ccc(C4CCCCC4)cc3)nc2c1. The van der Waals surface area contributed by atoms with Gasteiger partial charge in [-0.1, -0.05) is 49.6 Å². The van der Waals surface area contributed by atoms with Crippen molar-refractivity contribution < 1.29 is 0 Å². The molecule has 1 aliphatic carbocycles. The normalized spacial score (nSPS) is 16.2. The molecule has 22 heavy (non-hydrogen) atoms. The van der Waals surface area contributed by atoms with Crippen LogP contribution < -0.4 is 0 Å². The van der Waals surface area contributed by atoms with E-state index in [0.29, 0.717) is 0 Å². The Balaban J connectivity index is 1.63. The van der Waals surface area contributed by atoms with Crippen LogP contribution in [-0.2, 0) is 0 Å². The fourth-order valence-corrected chi connectivity index (χ4v) is 4.45. The average Bonchev–Trinajstić information content (AvgIpc) is 2.99. The number of benzene rings is 2. The molecule has 0 unspecified atom stereocenters. The van der Waals surface area contributed by atoms with E-state index in [9.17, 15) is 0 Å². The molecule has 1 aliphatic rings. The van der Waals surface area contributed by atoms with Crippen molar-refractivity contribution in [3.05, 3.63) is 53.6 Å². The van der Waals surface area contributed by atoms with Gasteiger partial charge in [0.1, 0.15) is 5.01 Å². The van der Waals surface area contributed by atoms with Crippen molar-refractivity contribution in [3.63, 3.8) is 0 Å². The topological polar surface area (TPSA) is 12.9 Å². The van der Waals surface area contributed by atoms with Crippen molar-refractivity contribution >= 4 is 21.6 Å². The Kier molecular flexibility index (Phi) is 3.71. The largest absolute Gasteiger partial charge is 0.236 e. The molecule has 3 aromatic rings. The van der Waals surface area contributed by atoms with Crippen molar-refractivity contribution in [2.75, 3.05) is 0 Å². The van der Waals surface area contributed by atoms with Gasteiger partial charge in [-0.2, -0.15) is 0 Å². The van der Waals surface area contributed by atoms with Crippen molar-refractivity contribution in [1.29, 1.82) is 0 Å². The van der Waals surface area contributed by atoms with Gasteiger partial charge in [0.25, 0.3) is 0 Å². The molecule has 0 radical (unpaired) electrons. The van der Waals surface area contributed by atoms with E-state index < -0.39 is 0 Å². The summed E-state index contributed by atoms with van der Waals surface area (Å²) in [6.07, 6.45) is 6.92. The maximum Gasteiger partial charge on any atom is 0.124 e. The van der Waals surface area contributed by atoms with Crippen LogP contribution in [0.15, 0.2) is 42.5 Å². The minimum absolute atomic E-state index is 0.779. The zero-order valence-electron chi connectivity index (χ0n) is 13.0. The quantitative estimate of drug-likeness (QED) is 0.540. The second kappa shape index (κ2) is 5.85. The molecule has 1 heterocycles. The summed E-state index contributed by atoms with van der Waals surface area (Å²) in [6, 6.07) is 15.7. The zero-order chi connectivity index (χ0) is 14.9. The Bertz CT molecular complexity index is 779. The summed E-state index contributed by atoms with van der Waals surface area (Å²) in [7, 11) is 0. The molecule has 1 nitrogen and oxygen atoms in total. The molecule has 0 bridgehead atoms. The first kappa shape index (κ1) is 14.0. The summed E-state index contributed by atoms with van der Waals surface area (Å²) < 4.78 is 1.27. The third-order valence-corrected chi connectivity index (χ3v) is 5.86. The van der Waals surface area contributed by atoms with E-state index in [1.54, 1.807) is 11.3 Å². The van der Waals surface area contributed by atoms with E-state index in [1.165, 1.54) is 53.5 Å². The van der Waals surface area contributed by atoms with Gasteiger partial charge in [-0.3, -0.25) is 0 Å². The highest BCUT2D eigenvalue weighted by atomic mass is 32.1. The predicted octanol–water partition coefficient (Wildman–Crippen LogP) is 6.32. The Morgan fingerprint density at radius 1 is 0.955 bits per heavy atom. The van der Waals surface area contributed by atoms with Gasteiger partial charge in [0.15, 0.2) is 0 Å². The molecule has 2 aromatic carbocycles. The van der Waals surface area contributed by atoms with Crippen LogP contribution in [-0.4, -0.2) is 4.98 Å². The van der Waals surface area contributed by atoms with Gasteiger partial charge < -0.3 is 0 Å². The molecular formula is C20H21NS. The summed E-state index contributed by atoms with van der Waals surface area (Å²) in [5.41, 5.74) is 5.16. The molecule has 2 heteroatoms. The monoisotopic (exact) mass is 307 g/mol. The first-order valence-electron chi connectivity index (χ1n) is 8.27. The lowest BCUT2D eigenvalue weighted by Gasteiger charge is -2.21. The Morgan fingerprint density at radius 2 is 1.73 bits per heavy atom. The van der Waals surface area contributed by atoms with Crippen molar-refractivity contribution in [1.82, 2.24) is 4.98 Å². The number of hydrogen-bond donors (Lipinski definition) is 0. The summed E-state index contributed by atoms with van der Waals surface area (Å²) in [6.45, 7) is 2.12. The minimum Gasteiger partial charge on any atom is -0.236 e. The number of aromatic nitrogens is 1. The highest BCUT2D eigenvalue weighted by Gasteiger charge is 2.15. The van der Waals surface area contributed by atoms with E-state index in [2.05, 4.69) is 49.4 Å². The number of aryl methyl sites for hydroxylation is 1. The average molecular weight is 307 g/mol. The summed E-state index contributed by atoms with van der Waals surface area (Å²) in [5.74, 6) is 0.779. The minimum atomic E-state index is 0.779. The van der Waals surface area contributed by atoms with Crippen LogP contribution in [0.4, 0.5) is 0 Å². The molecule has 0 atom stereocenters. The number of thiazole rings is 1. The van der Waals surface area contributed by atoms with E-state index in [1.807, 2.05) is 0 Å². The number of hydrogen-bond acceptors (Lipinski definition) is 2. The molecule has 0 N–H and O–H groups in total. The molecule has 1 saturated carbocycles. The lowest BCUT2D eigenvalue weighted by molar-refractivity contribution is 0.443. The van der Waals surface area contributed by atoms with Crippen LogP contribution in [0.1, 0.15) is 49.1 Å². The molecule has 112 valence electrons. The first-order chi connectivity index (χ1) is 10.8. The number of nitrogens with zero attached hydrogens (tertiary/aromatic N) is 1. The van der Waals surface area contributed by atoms with Crippen LogP contribution in [0, 0.1) is 6.92 Å². The molecule has 0 saturated heterocycles. The standard InChI is InChI=1S/C20H21NS/c1-14-7-12-19-18(13-14)21-20(22-19)17-10-8-16(9-11-17)15-5-3-2-4-6-15/h7-13,15H,2-6H2,1H3. The van der Waals surface area contributed by atoms with Gasteiger partial charge in [0.2, 0.25) is 0 Å². The summed E-state index contributed by atoms with van der Waals surface area (Å²) in [5, 5.41) is 1.13. The molecule has 1 aromatic heterocycles. The molecule has 0 aliphatic heterocycles. The van der Waals surface area contributed by atoms with E-state index in [-0.39, 0.29) is 0 Å². The second-order valence-electron chi connectivity index (χ2n) is 6.45. The maximum absolute atomic E-state index is 4.80. The van der Waals surface area contributed by atoms with E-state index >= 15 is 0 Å². The Morgan fingerprint density at radius 3 is 2.50 bits per heavy atom. The molecule has 1 fully saturated rings. The van der Waals surface area contributed by atoms with Gasteiger partial charge >= 0.3 is 0 Å². The number of fused-ring (bicyclic) bond motifs is 1. The van der Waals surface area contributed by atoms with Crippen LogP contribution in [0.2, 0.25) is 0 Å².